The molecule has 0 saturated heterocycles. The number of carbonyl (C=O) groups excluding carboxylic acids is 2. The van der Waals surface area contributed by atoms with Crippen LogP contribution in [0.4, 0.5) is 0 Å². The molecule has 0 aromatic heterocycles. The molecule has 0 spiro atoms. The lowest BCUT2D eigenvalue weighted by Crippen LogP contribution is -2.50. The second-order valence-corrected chi connectivity index (χ2v) is 10.2. The van der Waals surface area contributed by atoms with E-state index in [2.05, 4.69) is 37.4 Å². The Kier molecular flexibility index (Phi) is 11.6. The maximum absolute atomic E-state index is 13.7. The summed E-state index contributed by atoms with van der Waals surface area (Å²) in [5.74, 6) is 1.53. The summed E-state index contributed by atoms with van der Waals surface area (Å²) in [6.07, 6.45) is 2.82. The third kappa shape index (κ3) is 8.87. The van der Waals surface area contributed by atoms with Gasteiger partial charge in [-0.25, -0.2) is 0 Å². The smallest absolute Gasteiger partial charge is 0.243 e. The van der Waals surface area contributed by atoms with E-state index in [4.69, 9.17) is 0 Å². The lowest BCUT2D eigenvalue weighted by Gasteiger charge is -2.32. The Labute approximate surface area is 220 Å². The lowest BCUT2D eigenvalue weighted by atomic mass is 10.0. The summed E-state index contributed by atoms with van der Waals surface area (Å²) in [6, 6.07) is 27.8. The third-order valence-electron chi connectivity index (χ3n) is 6.27. The summed E-state index contributed by atoms with van der Waals surface area (Å²) >= 11 is 1.75. The molecule has 0 bridgehead atoms. The Morgan fingerprint density at radius 1 is 0.889 bits per heavy atom. The van der Waals surface area contributed by atoms with E-state index in [-0.39, 0.29) is 11.8 Å². The fourth-order valence-corrected chi connectivity index (χ4v) is 4.99. The normalized spacial score (nSPS) is 11.6. The maximum atomic E-state index is 13.7. The van der Waals surface area contributed by atoms with Gasteiger partial charge in [0.2, 0.25) is 11.8 Å². The van der Waals surface area contributed by atoms with Gasteiger partial charge in [-0.15, -0.1) is 0 Å². The molecule has 0 heterocycles. The molecule has 0 radical (unpaired) electrons. The van der Waals surface area contributed by atoms with Crippen molar-refractivity contribution in [2.75, 3.05) is 12.3 Å². The van der Waals surface area contributed by atoms with Crippen molar-refractivity contribution < 1.29 is 9.59 Å². The molecule has 36 heavy (non-hydrogen) atoms. The van der Waals surface area contributed by atoms with Gasteiger partial charge in [-0.3, -0.25) is 9.59 Å². The number of unbranched alkanes of at least 4 members (excludes halogenated alkanes) is 1. The first-order valence-electron chi connectivity index (χ1n) is 12.9. The topological polar surface area (TPSA) is 49.4 Å². The fraction of sp³-hybridized carbons (Fsp3) is 0.355. The van der Waals surface area contributed by atoms with Crippen LogP contribution in [0.15, 0.2) is 84.9 Å². The molecule has 0 unspecified atom stereocenters. The molecule has 1 atom stereocenters. The van der Waals surface area contributed by atoms with Crippen molar-refractivity contribution >= 4 is 23.6 Å². The molecule has 0 aliphatic heterocycles. The average Bonchev–Trinajstić information content (AvgIpc) is 2.91. The number of hydrogen-bond acceptors (Lipinski definition) is 3. The summed E-state index contributed by atoms with van der Waals surface area (Å²) in [6.45, 7) is 5.21. The van der Waals surface area contributed by atoms with Gasteiger partial charge in [0.1, 0.15) is 6.04 Å². The van der Waals surface area contributed by atoms with Crippen LogP contribution in [-0.4, -0.2) is 35.1 Å². The Bertz CT molecular complexity index is 1070. The number of thioether (sulfide) groups is 1. The minimum atomic E-state index is -0.560. The van der Waals surface area contributed by atoms with E-state index in [1.54, 1.807) is 16.7 Å². The highest BCUT2D eigenvalue weighted by molar-refractivity contribution is 7.98. The maximum Gasteiger partial charge on any atom is 0.243 e. The molecule has 4 nitrogen and oxygen atoms in total. The van der Waals surface area contributed by atoms with Gasteiger partial charge in [-0.2, -0.15) is 11.8 Å². The quantitative estimate of drug-likeness (QED) is 0.268. The first-order chi connectivity index (χ1) is 17.6. The minimum Gasteiger partial charge on any atom is -0.354 e. The summed E-state index contributed by atoms with van der Waals surface area (Å²) in [5.41, 5.74) is 4.50. The molecule has 3 aromatic rings. The molecule has 3 aromatic carbocycles. The minimum absolute atomic E-state index is 0.0189. The van der Waals surface area contributed by atoms with E-state index >= 15 is 0 Å². The van der Waals surface area contributed by atoms with Crippen molar-refractivity contribution in [2.45, 2.75) is 57.9 Å². The van der Waals surface area contributed by atoms with Crippen LogP contribution in [0.2, 0.25) is 0 Å². The van der Waals surface area contributed by atoms with Crippen LogP contribution in [-0.2, 0) is 28.3 Å². The van der Waals surface area contributed by atoms with Crippen LogP contribution in [0.3, 0.4) is 0 Å². The largest absolute Gasteiger partial charge is 0.354 e. The number of hydrogen-bond donors (Lipinski definition) is 1. The van der Waals surface area contributed by atoms with Crippen LogP contribution in [0.25, 0.3) is 0 Å². The Morgan fingerprint density at radius 2 is 1.53 bits per heavy atom. The summed E-state index contributed by atoms with van der Waals surface area (Å²) in [7, 11) is 0. The number of nitrogens with zero attached hydrogens (tertiary/aromatic N) is 1. The van der Waals surface area contributed by atoms with Gasteiger partial charge >= 0.3 is 0 Å². The van der Waals surface area contributed by atoms with Crippen LogP contribution in [0.1, 0.15) is 48.4 Å². The van der Waals surface area contributed by atoms with Crippen molar-refractivity contribution in [3.05, 3.63) is 107 Å². The van der Waals surface area contributed by atoms with Crippen molar-refractivity contribution in [3.63, 3.8) is 0 Å². The van der Waals surface area contributed by atoms with Gasteiger partial charge in [-0.05, 0) is 35.6 Å². The predicted molar refractivity (Wildman–Crippen MR) is 151 cm³/mol. The summed E-state index contributed by atoms with van der Waals surface area (Å²) in [4.78, 5) is 28.9. The van der Waals surface area contributed by atoms with Gasteiger partial charge in [0.15, 0.2) is 0 Å². The molecule has 0 aliphatic rings. The van der Waals surface area contributed by atoms with Gasteiger partial charge < -0.3 is 10.2 Å². The fourth-order valence-electron chi connectivity index (χ4n) is 4.10. The zero-order valence-electron chi connectivity index (χ0n) is 21.5. The van der Waals surface area contributed by atoms with Crippen LogP contribution < -0.4 is 5.32 Å². The molecule has 2 amide bonds. The van der Waals surface area contributed by atoms with E-state index in [0.717, 1.165) is 35.3 Å². The second kappa shape index (κ2) is 15.1. The molecule has 0 fully saturated rings. The zero-order valence-corrected chi connectivity index (χ0v) is 22.3. The van der Waals surface area contributed by atoms with Crippen LogP contribution in [0.5, 0.6) is 0 Å². The Morgan fingerprint density at radius 3 is 2.19 bits per heavy atom. The molecule has 190 valence electrons. The lowest BCUT2D eigenvalue weighted by molar-refractivity contribution is -0.141. The molecule has 0 saturated carbocycles. The Balaban J connectivity index is 1.79. The van der Waals surface area contributed by atoms with E-state index in [1.807, 2.05) is 66.7 Å². The summed E-state index contributed by atoms with van der Waals surface area (Å²) in [5, 5.41) is 3.09. The Hall–Kier alpha value is -3.05. The van der Waals surface area contributed by atoms with Gasteiger partial charge in [0.05, 0.1) is 0 Å². The van der Waals surface area contributed by atoms with Gasteiger partial charge in [0.25, 0.3) is 0 Å². The molecule has 5 heteroatoms. The predicted octanol–water partition coefficient (Wildman–Crippen LogP) is 6.17. The second-order valence-electron chi connectivity index (χ2n) is 9.09. The zero-order chi connectivity index (χ0) is 25.6. The molecule has 0 aliphatic carbocycles. The summed E-state index contributed by atoms with van der Waals surface area (Å²) < 4.78 is 0. The molecule has 3 rings (SSSR count). The SMILES string of the molecule is CCCCNC(=O)[C@@H](Cc1ccccc1)N(Cc1ccccc1C)C(=O)CCSCc1ccccc1. The third-order valence-corrected chi connectivity index (χ3v) is 7.30. The van der Waals surface area contributed by atoms with Crippen molar-refractivity contribution in [2.24, 2.45) is 0 Å². The molecule has 1 N–H and O–H groups in total. The number of benzene rings is 3. The highest BCUT2D eigenvalue weighted by Crippen LogP contribution is 2.20. The average molecular weight is 503 g/mol. The van der Waals surface area contributed by atoms with E-state index in [0.29, 0.717) is 31.7 Å². The number of amides is 2. The first kappa shape index (κ1) is 27.5. The molecular weight excluding hydrogens is 464 g/mol. The number of aryl methyl sites for hydroxylation is 1. The molecular formula is C31H38N2O2S. The highest BCUT2D eigenvalue weighted by Gasteiger charge is 2.30. The number of nitrogens with one attached hydrogen (secondary N) is 1. The van der Waals surface area contributed by atoms with Crippen LogP contribution in [0, 0.1) is 6.92 Å². The van der Waals surface area contributed by atoms with E-state index in [9.17, 15) is 9.59 Å². The van der Waals surface area contributed by atoms with Crippen LogP contribution >= 0.6 is 11.8 Å². The first-order valence-corrected chi connectivity index (χ1v) is 14.0. The van der Waals surface area contributed by atoms with Gasteiger partial charge in [0, 0.05) is 37.4 Å². The number of carbonyl (C=O) groups is 2. The van der Waals surface area contributed by atoms with E-state index in [1.165, 1.54) is 5.56 Å². The van der Waals surface area contributed by atoms with Gasteiger partial charge in [-0.1, -0.05) is 98.3 Å². The number of rotatable bonds is 14. The van der Waals surface area contributed by atoms with Crippen molar-refractivity contribution in [3.8, 4) is 0 Å². The van der Waals surface area contributed by atoms with Crippen molar-refractivity contribution in [1.29, 1.82) is 0 Å². The standard InChI is InChI=1S/C31H38N2O2S/c1-3-4-20-32-31(35)29(22-26-14-7-5-8-15-26)33(23-28-18-12-11-13-25(28)2)30(34)19-21-36-24-27-16-9-6-10-17-27/h5-18,29H,3-4,19-24H2,1-2H3,(H,32,35)/t29-/m1/s1. The highest BCUT2D eigenvalue weighted by atomic mass is 32.2. The van der Waals surface area contributed by atoms with E-state index < -0.39 is 6.04 Å². The van der Waals surface area contributed by atoms with Crippen molar-refractivity contribution in [1.82, 2.24) is 10.2 Å². The monoisotopic (exact) mass is 502 g/mol.